The van der Waals surface area contributed by atoms with Crippen LogP contribution in [0.15, 0.2) is 102 Å². The topological polar surface area (TPSA) is 103 Å². The second-order valence-electron chi connectivity index (χ2n) is 8.06. The molecule has 0 radical (unpaired) electrons. The fraction of sp³-hybridized carbons (Fsp3) is 0.107. The summed E-state index contributed by atoms with van der Waals surface area (Å²) >= 11 is 6.06. The van der Waals surface area contributed by atoms with Crippen molar-refractivity contribution >= 4 is 38.9 Å². The average molecular weight is 553 g/mol. The maximum Gasteiger partial charge on any atom is 0.262 e. The molecule has 38 heavy (non-hydrogen) atoms. The van der Waals surface area contributed by atoms with E-state index < -0.39 is 10.0 Å². The molecule has 4 aromatic rings. The molecular weight excluding hydrogens is 528 g/mol. The Morgan fingerprint density at radius 3 is 2.11 bits per heavy atom. The van der Waals surface area contributed by atoms with E-state index in [0.29, 0.717) is 35.2 Å². The molecule has 2 N–H and O–H groups in total. The molecule has 0 aromatic heterocycles. The molecule has 4 aromatic carbocycles. The second-order valence-corrected chi connectivity index (χ2v) is 10.2. The largest absolute Gasteiger partial charge is 0.495 e. The first kappa shape index (κ1) is 26.8. The van der Waals surface area contributed by atoms with Crippen molar-refractivity contribution in [1.29, 1.82) is 0 Å². The highest BCUT2D eigenvalue weighted by Crippen LogP contribution is 2.28. The van der Waals surface area contributed by atoms with Crippen LogP contribution in [0.3, 0.4) is 0 Å². The number of hydrogen-bond acceptors (Lipinski definition) is 6. The monoisotopic (exact) mass is 552 g/mol. The molecule has 0 atom stereocenters. The quantitative estimate of drug-likeness (QED) is 0.246. The molecule has 0 aliphatic rings. The summed E-state index contributed by atoms with van der Waals surface area (Å²) in [5.41, 5.74) is 1.95. The third kappa shape index (κ3) is 7.41. The summed E-state index contributed by atoms with van der Waals surface area (Å²) in [6, 6.07) is 27.1. The molecule has 10 heteroatoms. The van der Waals surface area contributed by atoms with Gasteiger partial charge in [0.05, 0.1) is 22.7 Å². The van der Waals surface area contributed by atoms with E-state index in [1.165, 1.54) is 37.4 Å². The van der Waals surface area contributed by atoms with Gasteiger partial charge in [-0.1, -0.05) is 41.9 Å². The van der Waals surface area contributed by atoms with Gasteiger partial charge in [0.25, 0.3) is 15.9 Å². The average Bonchev–Trinajstić information content (AvgIpc) is 2.92. The maximum absolute atomic E-state index is 12.7. The van der Waals surface area contributed by atoms with Crippen LogP contribution in [-0.2, 0) is 21.4 Å². The van der Waals surface area contributed by atoms with E-state index in [9.17, 15) is 13.2 Å². The normalized spacial score (nSPS) is 10.9. The Bertz CT molecular complexity index is 1480. The molecule has 0 spiro atoms. The highest BCUT2D eigenvalue weighted by Gasteiger charge is 2.15. The number of hydrogen-bond donors (Lipinski definition) is 2. The van der Waals surface area contributed by atoms with Crippen LogP contribution >= 0.6 is 11.6 Å². The Balaban J connectivity index is 1.26. The van der Waals surface area contributed by atoms with Gasteiger partial charge >= 0.3 is 0 Å². The third-order valence-corrected chi connectivity index (χ3v) is 6.99. The van der Waals surface area contributed by atoms with Crippen molar-refractivity contribution in [3.05, 3.63) is 108 Å². The molecule has 8 nitrogen and oxygen atoms in total. The number of methoxy groups -OCH3 is 1. The van der Waals surface area contributed by atoms with Crippen molar-refractivity contribution in [2.45, 2.75) is 11.5 Å². The van der Waals surface area contributed by atoms with Crippen LogP contribution in [0.1, 0.15) is 5.56 Å². The molecule has 0 saturated heterocycles. The fourth-order valence-corrected chi connectivity index (χ4v) is 4.69. The molecule has 0 bridgehead atoms. The van der Waals surface area contributed by atoms with Crippen LogP contribution in [0, 0.1) is 0 Å². The minimum absolute atomic E-state index is 0.0239. The Labute approximate surface area is 226 Å². The summed E-state index contributed by atoms with van der Waals surface area (Å²) in [5, 5.41) is 3.02. The summed E-state index contributed by atoms with van der Waals surface area (Å²) < 4.78 is 44.1. The van der Waals surface area contributed by atoms with E-state index in [1.807, 2.05) is 30.3 Å². The lowest BCUT2D eigenvalue weighted by Gasteiger charge is -2.11. The van der Waals surface area contributed by atoms with Gasteiger partial charge in [0.15, 0.2) is 6.61 Å². The van der Waals surface area contributed by atoms with Gasteiger partial charge in [-0.15, -0.1) is 0 Å². The molecule has 4 rings (SSSR count). The van der Waals surface area contributed by atoms with E-state index in [4.69, 9.17) is 25.8 Å². The van der Waals surface area contributed by atoms with Gasteiger partial charge in [0.2, 0.25) is 0 Å². The van der Waals surface area contributed by atoms with Gasteiger partial charge in [-0.2, -0.15) is 0 Å². The lowest BCUT2D eigenvalue weighted by atomic mass is 10.2. The van der Waals surface area contributed by atoms with Crippen LogP contribution in [0.4, 0.5) is 11.4 Å². The standard InChI is InChI=1S/C28H25ClN2O6S/c1-35-27-16-9-22(17-26(27)29)31-38(33,34)25-14-12-24(13-15-25)37-19-28(32)30-21-7-10-23(11-8-21)36-18-20-5-3-2-4-6-20/h2-17,31H,18-19H2,1H3,(H,30,32). The molecule has 0 fully saturated rings. The highest BCUT2D eigenvalue weighted by molar-refractivity contribution is 7.92. The van der Waals surface area contributed by atoms with Gasteiger partial charge in [0.1, 0.15) is 23.9 Å². The number of benzene rings is 4. The number of ether oxygens (including phenoxy) is 3. The highest BCUT2D eigenvalue weighted by atomic mass is 35.5. The van der Waals surface area contributed by atoms with Gasteiger partial charge in [-0.05, 0) is 72.3 Å². The first-order chi connectivity index (χ1) is 18.3. The number of rotatable bonds is 11. The van der Waals surface area contributed by atoms with Gasteiger partial charge in [0, 0.05) is 5.69 Å². The summed E-state index contributed by atoms with van der Waals surface area (Å²) in [7, 11) is -2.39. The minimum atomic E-state index is -3.86. The van der Waals surface area contributed by atoms with E-state index in [1.54, 1.807) is 36.4 Å². The first-order valence-electron chi connectivity index (χ1n) is 11.5. The van der Waals surface area contributed by atoms with Gasteiger partial charge in [-0.3, -0.25) is 9.52 Å². The molecule has 1 amide bonds. The number of sulfonamides is 1. The number of nitrogens with one attached hydrogen (secondary N) is 2. The van der Waals surface area contributed by atoms with E-state index >= 15 is 0 Å². The summed E-state index contributed by atoms with van der Waals surface area (Å²) in [6.07, 6.45) is 0. The smallest absolute Gasteiger partial charge is 0.262 e. The summed E-state index contributed by atoms with van der Waals surface area (Å²) in [4.78, 5) is 12.3. The van der Waals surface area contributed by atoms with Crippen molar-refractivity contribution < 1.29 is 27.4 Å². The Morgan fingerprint density at radius 2 is 1.45 bits per heavy atom. The molecule has 196 valence electrons. The van der Waals surface area contributed by atoms with E-state index in [-0.39, 0.29) is 22.4 Å². The molecular formula is C28H25ClN2O6S. The lowest BCUT2D eigenvalue weighted by molar-refractivity contribution is -0.118. The number of anilines is 2. The zero-order valence-corrected chi connectivity index (χ0v) is 22.0. The number of halogens is 1. The van der Waals surface area contributed by atoms with Crippen molar-refractivity contribution in [2.24, 2.45) is 0 Å². The number of carbonyl (C=O) groups excluding carboxylic acids is 1. The Hall–Kier alpha value is -4.21. The SMILES string of the molecule is COc1ccc(NS(=O)(=O)c2ccc(OCC(=O)Nc3ccc(OCc4ccccc4)cc3)cc2)cc1Cl. The van der Waals surface area contributed by atoms with Crippen molar-refractivity contribution in [1.82, 2.24) is 0 Å². The maximum atomic E-state index is 12.7. The van der Waals surface area contributed by atoms with E-state index in [2.05, 4.69) is 10.0 Å². The second kappa shape index (κ2) is 12.4. The summed E-state index contributed by atoms with van der Waals surface area (Å²) in [5.74, 6) is 1.10. The fourth-order valence-electron chi connectivity index (χ4n) is 3.38. The van der Waals surface area contributed by atoms with Crippen LogP contribution < -0.4 is 24.2 Å². The van der Waals surface area contributed by atoms with Crippen LogP contribution in [0.5, 0.6) is 17.2 Å². The molecule has 0 saturated carbocycles. The number of carbonyl (C=O) groups is 1. The van der Waals surface area contributed by atoms with Crippen LogP contribution in [0.25, 0.3) is 0 Å². The van der Waals surface area contributed by atoms with Gasteiger partial charge < -0.3 is 19.5 Å². The van der Waals surface area contributed by atoms with Crippen molar-refractivity contribution in [2.75, 3.05) is 23.8 Å². The van der Waals surface area contributed by atoms with Crippen LogP contribution in [0.2, 0.25) is 5.02 Å². The predicted octanol–water partition coefficient (Wildman–Crippen LogP) is 5.75. The minimum Gasteiger partial charge on any atom is -0.495 e. The van der Waals surface area contributed by atoms with Crippen LogP contribution in [-0.4, -0.2) is 28.0 Å². The predicted molar refractivity (Wildman–Crippen MR) is 147 cm³/mol. The number of amides is 1. The van der Waals surface area contributed by atoms with Gasteiger partial charge in [-0.25, -0.2) is 8.42 Å². The third-order valence-electron chi connectivity index (χ3n) is 5.29. The first-order valence-corrected chi connectivity index (χ1v) is 13.3. The molecule has 0 heterocycles. The lowest BCUT2D eigenvalue weighted by Crippen LogP contribution is -2.20. The zero-order valence-electron chi connectivity index (χ0n) is 20.4. The molecule has 0 aliphatic carbocycles. The van der Waals surface area contributed by atoms with E-state index in [0.717, 1.165) is 5.56 Å². The zero-order chi connectivity index (χ0) is 27.0. The summed E-state index contributed by atoms with van der Waals surface area (Å²) in [6.45, 7) is 0.202. The molecule has 0 aliphatic heterocycles. The Kier molecular flexibility index (Phi) is 8.73. The Morgan fingerprint density at radius 1 is 0.816 bits per heavy atom. The van der Waals surface area contributed by atoms with Crippen molar-refractivity contribution in [3.8, 4) is 17.2 Å². The van der Waals surface area contributed by atoms with Crippen molar-refractivity contribution in [3.63, 3.8) is 0 Å². The molecule has 0 unspecified atom stereocenters.